The van der Waals surface area contributed by atoms with Gasteiger partial charge in [0.1, 0.15) is 5.75 Å². The second-order valence-electron chi connectivity index (χ2n) is 7.22. The summed E-state index contributed by atoms with van der Waals surface area (Å²) in [4.78, 5) is 0. The highest BCUT2D eigenvalue weighted by atomic mass is 16.5. The molecule has 0 spiro atoms. The molecule has 2 heteroatoms. The molecule has 2 aliphatic rings. The third-order valence-corrected chi connectivity index (χ3v) is 6.01. The molecular weight excluding hydrogens is 272 g/mol. The van der Waals surface area contributed by atoms with Crippen molar-refractivity contribution in [3.63, 3.8) is 0 Å². The van der Waals surface area contributed by atoms with Crippen LogP contribution in [0.25, 0.3) is 0 Å². The van der Waals surface area contributed by atoms with Crippen LogP contribution < -0.4 is 4.74 Å². The Balaban J connectivity index is 1.92. The molecule has 0 amide bonds. The van der Waals surface area contributed by atoms with Crippen molar-refractivity contribution >= 4 is 0 Å². The van der Waals surface area contributed by atoms with Crippen LogP contribution in [0.3, 0.4) is 0 Å². The number of hydrogen-bond donors (Lipinski definition) is 1. The summed E-state index contributed by atoms with van der Waals surface area (Å²) >= 11 is 0. The van der Waals surface area contributed by atoms with Gasteiger partial charge in [-0.3, -0.25) is 0 Å². The van der Waals surface area contributed by atoms with E-state index in [9.17, 15) is 5.11 Å². The fourth-order valence-electron chi connectivity index (χ4n) is 4.75. The summed E-state index contributed by atoms with van der Waals surface area (Å²) in [7, 11) is 1.70. The molecule has 1 aromatic rings. The van der Waals surface area contributed by atoms with Gasteiger partial charge in [0.05, 0.1) is 12.7 Å². The van der Waals surface area contributed by atoms with E-state index >= 15 is 0 Å². The molecule has 0 radical (unpaired) electrons. The minimum Gasteiger partial charge on any atom is -0.497 e. The third kappa shape index (κ3) is 3.03. The predicted molar refractivity (Wildman–Crippen MR) is 90.0 cm³/mol. The minimum atomic E-state index is -0.632. The molecule has 22 heavy (non-hydrogen) atoms. The van der Waals surface area contributed by atoms with Gasteiger partial charge in [0, 0.05) is 0 Å². The summed E-state index contributed by atoms with van der Waals surface area (Å²) in [6.45, 7) is 0. The monoisotopic (exact) mass is 302 g/mol. The number of hydrogen-bond acceptors (Lipinski definition) is 2. The number of aliphatic hydroxyl groups is 1. The Kier molecular flexibility index (Phi) is 5.07. The van der Waals surface area contributed by atoms with Gasteiger partial charge in [0.15, 0.2) is 0 Å². The van der Waals surface area contributed by atoms with Crippen molar-refractivity contribution in [2.75, 3.05) is 7.11 Å². The van der Waals surface area contributed by atoms with E-state index in [1.807, 2.05) is 12.1 Å². The van der Waals surface area contributed by atoms with Gasteiger partial charge in [-0.2, -0.15) is 0 Å². The summed E-state index contributed by atoms with van der Waals surface area (Å²) in [5, 5.41) is 11.9. The first-order valence-corrected chi connectivity index (χ1v) is 9.12. The zero-order chi connectivity index (χ0) is 15.4. The normalized spacial score (nSPS) is 21.7. The van der Waals surface area contributed by atoms with Crippen molar-refractivity contribution in [2.24, 2.45) is 11.8 Å². The molecule has 0 unspecified atom stereocenters. The minimum absolute atomic E-state index is 0.428. The van der Waals surface area contributed by atoms with Gasteiger partial charge in [-0.15, -0.1) is 0 Å². The Morgan fingerprint density at radius 1 is 0.818 bits per heavy atom. The molecule has 0 aliphatic heterocycles. The molecule has 0 aromatic heterocycles. The van der Waals surface area contributed by atoms with E-state index in [0.717, 1.165) is 11.3 Å². The molecule has 0 atom stereocenters. The van der Waals surface area contributed by atoms with E-state index in [-0.39, 0.29) is 0 Å². The molecule has 2 saturated carbocycles. The van der Waals surface area contributed by atoms with Gasteiger partial charge < -0.3 is 9.84 Å². The Bertz CT molecular complexity index is 435. The van der Waals surface area contributed by atoms with Crippen molar-refractivity contribution < 1.29 is 9.84 Å². The lowest BCUT2D eigenvalue weighted by atomic mass is 9.63. The standard InChI is InChI=1S/C20H30O2/c1-22-19-14-12-18(13-15-19)20(21,16-8-4-2-5-9-16)17-10-6-3-7-11-17/h12-17,21H,2-11H2,1H3. The lowest BCUT2D eigenvalue weighted by molar-refractivity contribution is -0.0989. The van der Waals surface area contributed by atoms with Gasteiger partial charge in [0.25, 0.3) is 0 Å². The molecule has 2 aliphatic carbocycles. The van der Waals surface area contributed by atoms with E-state index in [2.05, 4.69) is 12.1 Å². The van der Waals surface area contributed by atoms with Crippen LogP contribution in [0.15, 0.2) is 24.3 Å². The Morgan fingerprint density at radius 3 is 1.68 bits per heavy atom. The molecule has 3 rings (SSSR count). The molecule has 1 N–H and O–H groups in total. The van der Waals surface area contributed by atoms with E-state index < -0.39 is 5.60 Å². The fourth-order valence-corrected chi connectivity index (χ4v) is 4.75. The summed E-state index contributed by atoms with van der Waals surface area (Å²) < 4.78 is 5.29. The molecule has 122 valence electrons. The van der Waals surface area contributed by atoms with Gasteiger partial charge in [-0.1, -0.05) is 50.7 Å². The Morgan fingerprint density at radius 2 is 1.27 bits per heavy atom. The highest BCUT2D eigenvalue weighted by molar-refractivity contribution is 5.32. The van der Waals surface area contributed by atoms with Crippen LogP contribution in [0.5, 0.6) is 5.75 Å². The van der Waals surface area contributed by atoms with Crippen molar-refractivity contribution in [3.05, 3.63) is 29.8 Å². The maximum absolute atomic E-state index is 11.9. The molecular formula is C20H30O2. The fraction of sp³-hybridized carbons (Fsp3) is 0.700. The van der Waals surface area contributed by atoms with Crippen LogP contribution >= 0.6 is 0 Å². The zero-order valence-corrected chi connectivity index (χ0v) is 13.9. The second kappa shape index (κ2) is 7.04. The summed E-state index contributed by atoms with van der Waals surface area (Å²) in [6.07, 6.45) is 12.5. The molecule has 1 aromatic carbocycles. The van der Waals surface area contributed by atoms with Gasteiger partial charge in [0.2, 0.25) is 0 Å². The highest BCUT2D eigenvalue weighted by Gasteiger charge is 2.45. The molecule has 2 nitrogen and oxygen atoms in total. The third-order valence-electron chi connectivity index (χ3n) is 6.01. The first-order chi connectivity index (χ1) is 10.7. The van der Waals surface area contributed by atoms with E-state index in [0.29, 0.717) is 11.8 Å². The highest BCUT2D eigenvalue weighted by Crippen LogP contribution is 2.49. The van der Waals surface area contributed by atoms with Crippen LogP contribution in [-0.2, 0) is 5.60 Å². The van der Waals surface area contributed by atoms with Crippen LogP contribution in [0.1, 0.15) is 69.8 Å². The first-order valence-electron chi connectivity index (χ1n) is 9.12. The van der Waals surface area contributed by atoms with Crippen molar-refractivity contribution in [1.82, 2.24) is 0 Å². The van der Waals surface area contributed by atoms with Gasteiger partial charge >= 0.3 is 0 Å². The van der Waals surface area contributed by atoms with Gasteiger partial charge in [-0.05, 0) is 55.2 Å². The average molecular weight is 302 g/mol. The first kappa shape index (κ1) is 15.9. The maximum Gasteiger partial charge on any atom is 0.118 e. The van der Waals surface area contributed by atoms with Crippen molar-refractivity contribution in [1.29, 1.82) is 0 Å². The van der Waals surface area contributed by atoms with Crippen LogP contribution in [0.2, 0.25) is 0 Å². The van der Waals surface area contributed by atoms with Crippen molar-refractivity contribution in [2.45, 2.75) is 69.8 Å². The maximum atomic E-state index is 11.9. The van der Waals surface area contributed by atoms with E-state index in [1.165, 1.54) is 64.2 Å². The predicted octanol–water partition coefficient (Wildman–Crippen LogP) is 5.04. The summed E-state index contributed by atoms with van der Waals surface area (Å²) in [6, 6.07) is 8.21. The summed E-state index contributed by atoms with van der Waals surface area (Å²) in [5.74, 6) is 1.73. The van der Waals surface area contributed by atoms with Crippen LogP contribution in [0.4, 0.5) is 0 Å². The summed E-state index contributed by atoms with van der Waals surface area (Å²) in [5.41, 5.74) is 0.486. The Labute approximate surface area is 134 Å². The van der Waals surface area contributed by atoms with Crippen LogP contribution in [0, 0.1) is 11.8 Å². The number of methoxy groups -OCH3 is 1. The van der Waals surface area contributed by atoms with Crippen LogP contribution in [-0.4, -0.2) is 12.2 Å². The Hall–Kier alpha value is -1.02. The van der Waals surface area contributed by atoms with E-state index in [4.69, 9.17) is 4.74 Å². The smallest absolute Gasteiger partial charge is 0.118 e. The zero-order valence-electron chi connectivity index (χ0n) is 13.9. The second-order valence-corrected chi connectivity index (χ2v) is 7.22. The lowest BCUT2D eigenvalue weighted by Crippen LogP contribution is -2.44. The number of ether oxygens (including phenoxy) is 1. The average Bonchev–Trinajstić information content (AvgIpc) is 2.62. The quantitative estimate of drug-likeness (QED) is 0.844. The SMILES string of the molecule is COc1ccc(C(O)(C2CCCCC2)C2CCCCC2)cc1. The number of benzene rings is 1. The van der Waals surface area contributed by atoms with Gasteiger partial charge in [-0.25, -0.2) is 0 Å². The topological polar surface area (TPSA) is 29.5 Å². The molecule has 2 fully saturated rings. The molecule has 0 heterocycles. The molecule has 0 bridgehead atoms. The van der Waals surface area contributed by atoms with E-state index in [1.54, 1.807) is 7.11 Å². The molecule has 0 saturated heterocycles. The largest absolute Gasteiger partial charge is 0.497 e. The number of rotatable bonds is 4. The van der Waals surface area contributed by atoms with Crippen molar-refractivity contribution in [3.8, 4) is 5.75 Å². The lowest BCUT2D eigenvalue weighted by Gasteiger charge is -2.46.